The molecule has 0 aliphatic heterocycles. The zero-order valence-electron chi connectivity index (χ0n) is 9.19. The zero-order chi connectivity index (χ0) is 12.0. The highest BCUT2D eigenvalue weighted by Crippen LogP contribution is 2.19. The minimum absolute atomic E-state index is 0.289. The van der Waals surface area contributed by atoms with Crippen LogP contribution in [0.15, 0.2) is 18.2 Å². The monoisotopic (exact) mass is 234 g/mol. The fourth-order valence-electron chi connectivity index (χ4n) is 1.22. The molecule has 0 aliphatic rings. The molecule has 1 aromatic rings. The number of benzene rings is 1. The van der Waals surface area contributed by atoms with E-state index in [9.17, 15) is 0 Å². The molecular weight excluding hydrogens is 220 g/mol. The van der Waals surface area contributed by atoms with Crippen LogP contribution < -0.4 is 10.5 Å². The SMILES string of the molecule is CCCCOc1ccc(C(N)=S)cc1C#N. The molecule has 0 spiro atoms. The van der Waals surface area contributed by atoms with E-state index in [-0.39, 0.29) is 4.99 Å². The lowest BCUT2D eigenvalue weighted by Crippen LogP contribution is -2.09. The summed E-state index contributed by atoms with van der Waals surface area (Å²) in [5.41, 5.74) is 6.65. The first-order chi connectivity index (χ1) is 7.69. The molecule has 0 fully saturated rings. The van der Waals surface area contributed by atoms with Crippen LogP contribution in [0.3, 0.4) is 0 Å². The quantitative estimate of drug-likeness (QED) is 0.627. The van der Waals surface area contributed by atoms with Crippen molar-refractivity contribution in [3.63, 3.8) is 0 Å². The van der Waals surface area contributed by atoms with Crippen molar-refractivity contribution < 1.29 is 4.74 Å². The Morgan fingerprint density at radius 3 is 2.88 bits per heavy atom. The van der Waals surface area contributed by atoms with Gasteiger partial charge >= 0.3 is 0 Å². The van der Waals surface area contributed by atoms with Crippen molar-refractivity contribution in [3.8, 4) is 11.8 Å². The summed E-state index contributed by atoms with van der Waals surface area (Å²) in [6.07, 6.45) is 2.04. The summed E-state index contributed by atoms with van der Waals surface area (Å²) in [7, 11) is 0. The average molecular weight is 234 g/mol. The van der Waals surface area contributed by atoms with Crippen molar-refractivity contribution in [2.24, 2.45) is 5.73 Å². The third kappa shape index (κ3) is 3.21. The molecule has 0 aromatic heterocycles. The standard InChI is InChI=1S/C12H14N2OS/c1-2-3-6-15-11-5-4-9(12(14)16)7-10(11)8-13/h4-5,7H,2-3,6H2,1H3,(H2,14,16). The predicted octanol–water partition coefficient (Wildman–Crippen LogP) is 2.37. The third-order valence-corrected chi connectivity index (χ3v) is 2.38. The van der Waals surface area contributed by atoms with Crippen LogP contribution in [0.25, 0.3) is 0 Å². The lowest BCUT2D eigenvalue weighted by atomic mass is 10.1. The number of nitrogens with two attached hydrogens (primary N) is 1. The summed E-state index contributed by atoms with van der Waals surface area (Å²) in [6, 6.07) is 7.24. The van der Waals surface area contributed by atoms with Crippen LogP contribution >= 0.6 is 12.2 Å². The average Bonchev–Trinajstić information content (AvgIpc) is 2.29. The van der Waals surface area contributed by atoms with E-state index in [0.29, 0.717) is 23.5 Å². The number of nitrogens with zero attached hydrogens (tertiary/aromatic N) is 1. The maximum Gasteiger partial charge on any atom is 0.137 e. The van der Waals surface area contributed by atoms with E-state index in [1.807, 2.05) is 0 Å². The van der Waals surface area contributed by atoms with Gasteiger partial charge in [0, 0.05) is 5.56 Å². The number of unbranched alkanes of at least 4 members (excludes halogenated alkanes) is 1. The van der Waals surface area contributed by atoms with Gasteiger partial charge in [0.1, 0.15) is 16.8 Å². The van der Waals surface area contributed by atoms with Crippen LogP contribution in [0.5, 0.6) is 5.75 Å². The molecule has 84 valence electrons. The topological polar surface area (TPSA) is 59.0 Å². The highest BCUT2D eigenvalue weighted by Gasteiger charge is 2.05. The molecule has 0 unspecified atom stereocenters. The fraction of sp³-hybridized carbons (Fsp3) is 0.333. The summed E-state index contributed by atoms with van der Waals surface area (Å²) in [5.74, 6) is 0.593. The summed E-state index contributed by atoms with van der Waals surface area (Å²) in [4.78, 5) is 0.289. The highest BCUT2D eigenvalue weighted by atomic mass is 32.1. The third-order valence-electron chi connectivity index (χ3n) is 2.14. The van der Waals surface area contributed by atoms with E-state index in [2.05, 4.69) is 13.0 Å². The van der Waals surface area contributed by atoms with Crippen LogP contribution in [0.4, 0.5) is 0 Å². The molecule has 0 amide bonds. The summed E-state index contributed by atoms with van der Waals surface area (Å²) in [6.45, 7) is 2.71. The predicted molar refractivity (Wildman–Crippen MR) is 67.4 cm³/mol. The Morgan fingerprint density at radius 2 is 2.31 bits per heavy atom. The highest BCUT2D eigenvalue weighted by molar-refractivity contribution is 7.80. The number of ether oxygens (including phenoxy) is 1. The zero-order valence-corrected chi connectivity index (χ0v) is 10.0. The smallest absolute Gasteiger partial charge is 0.137 e. The van der Waals surface area contributed by atoms with Crippen LogP contribution in [-0.4, -0.2) is 11.6 Å². The van der Waals surface area contributed by atoms with Crippen molar-refractivity contribution >= 4 is 17.2 Å². The molecule has 0 bridgehead atoms. The molecule has 0 heterocycles. The molecule has 0 atom stereocenters. The normalized spacial score (nSPS) is 9.50. The molecule has 0 saturated carbocycles. The van der Waals surface area contributed by atoms with Gasteiger partial charge < -0.3 is 10.5 Å². The van der Waals surface area contributed by atoms with Gasteiger partial charge in [-0.25, -0.2) is 0 Å². The molecule has 1 aromatic carbocycles. The second-order valence-corrected chi connectivity index (χ2v) is 3.83. The Hall–Kier alpha value is -1.60. The van der Waals surface area contributed by atoms with Crippen LogP contribution in [-0.2, 0) is 0 Å². The van der Waals surface area contributed by atoms with Crippen LogP contribution in [0.2, 0.25) is 0 Å². The number of hydrogen-bond acceptors (Lipinski definition) is 3. The molecule has 16 heavy (non-hydrogen) atoms. The van der Waals surface area contributed by atoms with Crippen molar-refractivity contribution in [2.45, 2.75) is 19.8 Å². The van der Waals surface area contributed by atoms with E-state index in [4.69, 9.17) is 28.0 Å². The van der Waals surface area contributed by atoms with E-state index in [0.717, 1.165) is 12.8 Å². The van der Waals surface area contributed by atoms with E-state index < -0.39 is 0 Å². The van der Waals surface area contributed by atoms with Gasteiger partial charge in [0.15, 0.2) is 0 Å². The molecule has 0 saturated heterocycles. The van der Waals surface area contributed by atoms with Crippen LogP contribution in [0.1, 0.15) is 30.9 Å². The van der Waals surface area contributed by atoms with Gasteiger partial charge in [-0.15, -0.1) is 0 Å². The number of hydrogen-bond donors (Lipinski definition) is 1. The number of nitriles is 1. The molecule has 2 N–H and O–H groups in total. The largest absolute Gasteiger partial charge is 0.492 e. The molecule has 1 rings (SSSR count). The van der Waals surface area contributed by atoms with Crippen molar-refractivity contribution in [1.29, 1.82) is 5.26 Å². The Labute approximate surface area is 101 Å². The summed E-state index contributed by atoms with van der Waals surface area (Å²) >= 11 is 4.85. The second-order valence-electron chi connectivity index (χ2n) is 3.39. The van der Waals surface area contributed by atoms with Gasteiger partial charge in [0.2, 0.25) is 0 Å². The van der Waals surface area contributed by atoms with Gasteiger partial charge in [-0.1, -0.05) is 25.6 Å². The maximum atomic E-state index is 8.97. The first-order valence-corrected chi connectivity index (χ1v) is 5.56. The summed E-state index contributed by atoms with van der Waals surface area (Å²) in [5, 5.41) is 8.97. The van der Waals surface area contributed by atoms with Crippen molar-refractivity contribution in [1.82, 2.24) is 0 Å². The van der Waals surface area contributed by atoms with Gasteiger partial charge in [-0.05, 0) is 24.6 Å². The first-order valence-electron chi connectivity index (χ1n) is 5.15. The minimum atomic E-state index is 0.289. The summed E-state index contributed by atoms with van der Waals surface area (Å²) < 4.78 is 5.50. The molecule has 3 nitrogen and oxygen atoms in total. The molecule has 0 radical (unpaired) electrons. The van der Waals surface area contributed by atoms with Gasteiger partial charge in [0.25, 0.3) is 0 Å². The Kier molecular flexibility index (Phi) is 4.74. The fourth-order valence-corrected chi connectivity index (χ4v) is 1.35. The van der Waals surface area contributed by atoms with Crippen molar-refractivity contribution in [2.75, 3.05) is 6.61 Å². The number of thiocarbonyl (C=S) groups is 1. The maximum absolute atomic E-state index is 8.97. The number of rotatable bonds is 5. The van der Waals surface area contributed by atoms with E-state index >= 15 is 0 Å². The molecular formula is C12H14N2OS. The Balaban J connectivity index is 2.86. The lowest BCUT2D eigenvalue weighted by molar-refractivity contribution is 0.308. The van der Waals surface area contributed by atoms with Gasteiger partial charge in [-0.2, -0.15) is 5.26 Å². The molecule has 4 heteroatoms. The second kappa shape index (κ2) is 6.09. The lowest BCUT2D eigenvalue weighted by Gasteiger charge is -2.08. The first kappa shape index (κ1) is 12.5. The Bertz CT molecular complexity index is 424. The van der Waals surface area contributed by atoms with Gasteiger partial charge in [0.05, 0.1) is 12.2 Å². The van der Waals surface area contributed by atoms with Gasteiger partial charge in [-0.3, -0.25) is 0 Å². The Morgan fingerprint density at radius 1 is 1.56 bits per heavy atom. The molecule has 0 aliphatic carbocycles. The van der Waals surface area contributed by atoms with Crippen molar-refractivity contribution in [3.05, 3.63) is 29.3 Å². The van der Waals surface area contributed by atoms with E-state index in [1.165, 1.54) is 0 Å². The van der Waals surface area contributed by atoms with E-state index in [1.54, 1.807) is 18.2 Å². The minimum Gasteiger partial charge on any atom is -0.492 e. The van der Waals surface area contributed by atoms with Crippen LogP contribution in [0, 0.1) is 11.3 Å².